The van der Waals surface area contributed by atoms with Gasteiger partial charge in [0, 0.05) is 24.3 Å². The first-order valence-corrected chi connectivity index (χ1v) is 6.57. The van der Waals surface area contributed by atoms with Gasteiger partial charge in [-0.15, -0.1) is 0 Å². The van der Waals surface area contributed by atoms with Crippen molar-refractivity contribution in [2.45, 2.75) is 25.4 Å². The minimum Gasteiger partial charge on any atom is -0.497 e. The summed E-state index contributed by atoms with van der Waals surface area (Å²) >= 11 is 0. The molecule has 0 aliphatic carbocycles. The monoisotopic (exact) mass is 263 g/mol. The number of nitrogens with one attached hydrogen (secondary N) is 1. The lowest BCUT2D eigenvalue weighted by atomic mass is 10.0. The van der Waals surface area contributed by atoms with Crippen LogP contribution in [-0.2, 0) is 4.79 Å². The molecular formula is C14H21N3O2. The van der Waals surface area contributed by atoms with E-state index in [1.54, 1.807) is 7.11 Å². The fraction of sp³-hybridized carbons (Fsp3) is 0.500. The number of amides is 1. The summed E-state index contributed by atoms with van der Waals surface area (Å²) in [5, 5.41) is 2.93. The quantitative estimate of drug-likeness (QED) is 0.840. The number of rotatable bonds is 4. The molecule has 2 unspecified atom stereocenters. The van der Waals surface area contributed by atoms with Crippen LogP contribution in [0, 0.1) is 0 Å². The van der Waals surface area contributed by atoms with Crippen molar-refractivity contribution in [2.24, 2.45) is 5.73 Å². The van der Waals surface area contributed by atoms with E-state index in [9.17, 15) is 4.79 Å². The van der Waals surface area contributed by atoms with Crippen LogP contribution in [0.5, 0.6) is 5.75 Å². The smallest absolute Gasteiger partial charge is 0.242 e. The number of nitrogens with zero attached hydrogens (tertiary/aromatic N) is 1. The summed E-state index contributed by atoms with van der Waals surface area (Å²) < 4.78 is 5.25. The van der Waals surface area contributed by atoms with E-state index in [2.05, 4.69) is 17.1 Å². The second-order valence-corrected chi connectivity index (χ2v) is 4.80. The van der Waals surface area contributed by atoms with Crippen LogP contribution in [0.1, 0.15) is 13.3 Å². The highest BCUT2D eigenvalue weighted by Crippen LogP contribution is 2.27. The van der Waals surface area contributed by atoms with Crippen molar-refractivity contribution in [1.29, 1.82) is 0 Å². The van der Waals surface area contributed by atoms with E-state index in [0.717, 1.165) is 11.4 Å². The molecule has 3 N–H and O–H groups in total. The van der Waals surface area contributed by atoms with Gasteiger partial charge in [-0.25, -0.2) is 0 Å². The number of hydrogen-bond acceptors (Lipinski definition) is 4. The Morgan fingerprint density at radius 2 is 2.32 bits per heavy atom. The molecule has 2 rings (SSSR count). The van der Waals surface area contributed by atoms with Crippen LogP contribution in [0.15, 0.2) is 24.3 Å². The summed E-state index contributed by atoms with van der Waals surface area (Å²) in [6.45, 7) is 3.24. The van der Waals surface area contributed by atoms with E-state index < -0.39 is 0 Å². The summed E-state index contributed by atoms with van der Waals surface area (Å²) in [5.41, 5.74) is 6.63. The van der Waals surface area contributed by atoms with E-state index in [4.69, 9.17) is 10.5 Å². The zero-order chi connectivity index (χ0) is 13.8. The number of benzene rings is 1. The fourth-order valence-electron chi connectivity index (χ4n) is 2.53. The Bertz CT molecular complexity index is 450. The van der Waals surface area contributed by atoms with Crippen LogP contribution in [-0.4, -0.2) is 38.2 Å². The van der Waals surface area contributed by atoms with Gasteiger partial charge in [-0.2, -0.15) is 0 Å². The molecule has 1 heterocycles. The number of carbonyl (C=O) groups is 1. The Hall–Kier alpha value is -1.75. The SMILES string of the molecule is COc1cccc(N2C(C)CNC(=O)C2CCN)c1. The molecule has 1 fully saturated rings. The maximum atomic E-state index is 12.0. The van der Waals surface area contributed by atoms with E-state index in [-0.39, 0.29) is 18.0 Å². The molecule has 0 radical (unpaired) electrons. The first-order chi connectivity index (χ1) is 9.17. The molecule has 1 aromatic rings. The van der Waals surface area contributed by atoms with Crippen LogP contribution < -0.4 is 20.7 Å². The number of carbonyl (C=O) groups excluding carboxylic acids is 1. The Morgan fingerprint density at radius 1 is 1.53 bits per heavy atom. The van der Waals surface area contributed by atoms with Crippen LogP contribution in [0.2, 0.25) is 0 Å². The third-order valence-corrected chi connectivity index (χ3v) is 3.48. The summed E-state index contributed by atoms with van der Waals surface area (Å²) in [5.74, 6) is 0.841. The minimum absolute atomic E-state index is 0.0476. The molecule has 1 aromatic carbocycles. The number of nitrogens with two attached hydrogens (primary N) is 1. The van der Waals surface area contributed by atoms with Gasteiger partial charge in [0.1, 0.15) is 11.8 Å². The van der Waals surface area contributed by atoms with Crippen molar-refractivity contribution in [3.05, 3.63) is 24.3 Å². The lowest BCUT2D eigenvalue weighted by Crippen LogP contribution is -2.60. The van der Waals surface area contributed by atoms with Gasteiger partial charge >= 0.3 is 0 Å². The summed E-state index contributed by atoms with van der Waals surface area (Å²) in [7, 11) is 1.64. The predicted octanol–water partition coefficient (Wildman–Crippen LogP) is 0.737. The highest BCUT2D eigenvalue weighted by molar-refractivity contribution is 5.87. The zero-order valence-electron chi connectivity index (χ0n) is 11.4. The average molecular weight is 263 g/mol. The average Bonchev–Trinajstić information content (AvgIpc) is 2.43. The summed E-state index contributed by atoms with van der Waals surface area (Å²) in [4.78, 5) is 14.2. The molecule has 0 spiro atoms. The van der Waals surface area contributed by atoms with Crippen LogP contribution in [0.4, 0.5) is 5.69 Å². The number of methoxy groups -OCH3 is 1. The lowest BCUT2D eigenvalue weighted by molar-refractivity contribution is -0.123. The molecule has 0 aromatic heterocycles. The van der Waals surface area contributed by atoms with E-state index >= 15 is 0 Å². The second-order valence-electron chi connectivity index (χ2n) is 4.80. The van der Waals surface area contributed by atoms with Crippen molar-refractivity contribution in [3.63, 3.8) is 0 Å². The molecule has 2 atom stereocenters. The van der Waals surface area contributed by atoms with E-state index in [1.165, 1.54) is 0 Å². The zero-order valence-corrected chi connectivity index (χ0v) is 11.4. The van der Waals surface area contributed by atoms with Crippen LogP contribution in [0.25, 0.3) is 0 Å². The molecule has 5 nitrogen and oxygen atoms in total. The predicted molar refractivity (Wildman–Crippen MR) is 75.4 cm³/mol. The van der Waals surface area contributed by atoms with Crippen LogP contribution in [0.3, 0.4) is 0 Å². The molecule has 1 amide bonds. The summed E-state index contributed by atoms with van der Waals surface area (Å²) in [6.07, 6.45) is 0.646. The van der Waals surface area contributed by atoms with Gasteiger partial charge < -0.3 is 20.7 Å². The van der Waals surface area contributed by atoms with Crippen molar-refractivity contribution in [3.8, 4) is 5.75 Å². The molecule has 19 heavy (non-hydrogen) atoms. The van der Waals surface area contributed by atoms with E-state index in [1.807, 2.05) is 24.3 Å². The Morgan fingerprint density at radius 3 is 3.00 bits per heavy atom. The van der Waals surface area contributed by atoms with Gasteiger partial charge in [0.05, 0.1) is 7.11 Å². The molecule has 0 bridgehead atoms. The molecule has 1 saturated heterocycles. The lowest BCUT2D eigenvalue weighted by Gasteiger charge is -2.41. The third-order valence-electron chi connectivity index (χ3n) is 3.48. The number of ether oxygens (including phenoxy) is 1. The highest BCUT2D eigenvalue weighted by atomic mass is 16.5. The maximum Gasteiger partial charge on any atom is 0.242 e. The molecule has 1 aliphatic rings. The molecule has 104 valence electrons. The van der Waals surface area contributed by atoms with Crippen molar-refractivity contribution in [1.82, 2.24) is 5.32 Å². The molecule has 5 heteroatoms. The van der Waals surface area contributed by atoms with Crippen molar-refractivity contribution >= 4 is 11.6 Å². The molecule has 1 aliphatic heterocycles. The number of anilines is 1. The number of piperazine rings is 1. The first-order valence-electron chi connectivity index (χ1n) is 6.57. The van der Waals surface area contributed by atoms with Crippen molar-refractivity contribution < 1.29 is 9.53 Å². The normalized spacial score (nSPS) is 23.1. The fourth-order valence-corrected chi connectivity index (χ4v) is 2.53. The maximum absolute atomic E-state index is 12.0. The Kier molecular flexibility index (Phi) is 4.27. The van der Waals surface area contributed by atoms with Gasteiger partial charge in [0.2, 0.25) is 5.91 Å². The van der Waals surface area contributed by atoms with Gasteiger partial charge in [-0.3, -0.25) is 4.79 Å². The molecular weight excluding hydrogens is 242 g/mol. The van der Waals surface area contributed by atoms with Gasteiger partial charge in [0.25, 0.3) is 0 Å². The Balaban J connectivity index is 2.33. The first kappa shape index (κ1) is 13.7. The highest BCUT2D eigenvalue weighted by Gasteiger charge is 2.33. The van der Waals surface area contributed by atoms with Crippen LogP contribution >= 0.6 is 0 Å². The standard InChI is InChI=1S/C14H21N3O2/c1-10-9-16-14(18)13(6-7-15)17(10)11-4-3-5-12(8-11)19-2/h3-5,8,10,13H,6-7,9,15H2,1-2H3,(H,16,18). The number of hydrogen-bond donors (Lipinski definition) is 2. The minimum atomic E-state index is -0.208. The van der Waals surface area contributed by atoms with Crippen molar-refractivity contribution in [2.75, 3.05) is 25.1 Å². The second kappa shape index (κ2) is 5.93. The largest absolute Gasteiger partial charge is 0.497 e. The Labute approximate surface area is 113 Å². The van der Waals surface area contributed by atoms with E-state index in [0.29, 0.717) is 19.5 Å². The van der Waals surface area contributed by atoms with Gasteiger partial charge in [0.15, 0.2) is 0 Å². The third kappa shape index (κ3) is 2.81. The van der Waals surface area contributed by atoms with Gasteiger partial charge in [-0.05, 0) is 32.0 Å². The topological polar surface area (TPSA) is 67.6 Å². The van der Waals surface area contributed by atoms with Gasteiger partial charge in [-0.1, -0.05) is 6.07 Å². The summed E-state index contributed by atoms with van der Waals surface area (Å²) in [6, 6.07) is 7.82. The molecule has 0 saturated carbocycles.